The Balaban J connectivity index is 2.03. The minimum Gasteiger partial charge on any atom is -0.313 e. The molecule has 1 fully saturated rings. The minimum atomic E-state index is 0.719. The van der Waals surface area contributed by atoms with Crippen LogP contribution >= 0.6 is 0 Å². The predicted octanol–water partition coefficient (Wildman–Crippen LogP) is 2.32. The number of nitrogens with one attached hydrogen (secondary N) is 1. The number of rotatable bonds is 0. The summed E-state index contributed by atoms with van der Waals surface area (Å²) in [5.74, 6) is 1.63. The van der Waals surface area contributed by atoms with E-state index in [-0.39, 0.29) is 0 Å². The van der Waals surface area contributed by atoms with Crippen molar-refractivity contribution in [3.8, 4) is 0 Å². The molecular formula is C13H17N. The number of benzene rings is 1. The summed E-state index contributed by atoms with van der Waals surface area (Å²) < 4.78 is 0. The Morgan fingerprint density at radius 3 is 3.07 bits per heavy atom. The first-order valence-electron chi connectivity index (χ1n) is 5.67. The van der Waals surface area contributed by atoms with Crippen LogP contribution in [0.4, 0.5) is 0 Å². The molecule has 0 spiro atoms. The highest BCUT2D eigenvalue weighted by Crippen LogP contribution is 2.41. The molecule has 1 heterocycles. The van der Waals surface area contributed by atoms with Crippen molar-refractivity contribution in [2.24, 2.45) is 5.92 Å². The summed E-state index contributed by atoms with van der Waals surface area (Å²) >= 11 is 0. The van der Waals surface area contributed by atoms with Crippen LogP contribution in [0.15, 0.2) is 24.3 Å². The first-order chi connectivity index (χ1) is 6.86. The van der Waals surface area contributed by atoms with Crippen LogP contribution < -0.4 is 5.32 Å². The third-order valence-electron chi connectivity index (χ3n) is 3.91. The van der Waals surface area contributed by atoms with Crippen LogP contribution in [0, 0.1) is 5.92 Å². The van der Waals surface area contributed by atoms with Crippen molar-refractivity contribution in [1.29, 1.82) is 0 Å². The molecule has 3 unspecified atom stereocenters. The number of piperidine rings is 1. The molecular weight excluding hydrogens is 170 g/mol. The second-order valence-corrected chi connectivity index (χ2v) is 4.76. The van der Waals surface area contributed by atoms with Gasteiger partial charge in [0.25, 0.3) is 0 Å². The van der Waals surface area contributed by atoms with E-state index in [1.807, 2.05) is 0 Å². The van der Waals surface area contributed by atoms with E-state index in [2.05, 4.69) is 36.5 Å². The van der Waals surface area contributed by atoms with Crippen LogP contribution in [-0.4, -0.2) is 12.6 Å². The molecule has 2 aliphatic rings. The Hall–Kier alpha value is -0.820. The summed E-state index contributed by atoms with van der Waals surface area (Å²) in [7, 11) is 0. The van der Waals surface area contributed by atoms with Crippen molar-refractivity contribution >= 4 is 0 Å². The van der Waals surface area contributed by atoms with Gasteiger partial charge in [-0.1, -0.05) is 31.2 Å². The van der Waals surface area contributed by atoms with Gasteiger partial charge in [0.15, 0.2) is 0 Å². The highest BCUT2D eigenvalue weighted by molar-refractivity contribution is 5.38. The maximum absolute atomic E-state index is 3.66. The lowest BCUT2D eigenvalue weighted by atomic mass is 9.81. The monoisotopic (exact) mass is 187 g/mol. The lowest BCUT2D eigenvalue weighted by Crippen LogP contribution is -2.41. The predicted molar refractivity (Wildman–Crippen MR) is 58.5 cm³/mol. The Labute approximate surface area is 85.5 Å². The fourth-order valence-electron chi connectivity index (χ4n) is 3.20. The van der Waals surface area contributed by atoms with Gasteiger partial charge in [-0.25, -0.2) is 0 Å². The van der Waals surface area contributed by atoms with E-state index in [0.29, 0.717) is 0 Å². The van der Waals surface area contributed by atoms with Crippen molar-refractivity contribution in [2.45, 2.75) is 31.7 Å². The first-order valence-corrected chi connectivity index (χ1v) is 5.67. The fraction of sp³-hybridized carbons (Fsp3) is 0.538. The van der Waals surface area contributed by atoms with E-state index >= 15 is 0 Å². The maximum atomic E-state index is 3.66. The summed E-state index contributed by atoms with van der Waals surface area (Å²) in [6.07, 6.45) is 2.57. The normalized spacial score (nSPS) is 35.1. The Kier molecular flexibility index (Phi) is 1.88. The lowest BCUT2D eigenvalue weighted by molar-refractivity contribution is 0.287. The zero-order valence-corrected chi connectivity index (χ0v) is 8.66. The Morgan fingerprint density at radius 2 is 2.14 bits per heavy atom. The molecule has 14 heavy (non-hydrogen) atoms. The number of hydrogen-bond acceptors (Lipinski definition) is 1. The second-order valence-electron chi connectivity index (χ2n) is 4.76. The third-order valence-corrected chi connectivity index (χ3v) is 3.91. The molecule has 1 N–H and O–H groups in total. The van der Waals surface area contributed by atoms with E-state index in [1.165, 1.54) is 19.4 Å². The number of fused-ring (bicyclic) bond motifs is 3. The van der Waals surface area contributed by atoms with Crippen molar-refractivity contribution < 1.29 is 0 Å². The molecule has 3 atom stereocenters. The molecule has 3 rings (SSSR count). The minimum absolute atomic E-state index is 0.719. The molecule has 1 aromatic rings. The van der Waals surface area contributed by atoms with Gasteiger partial charge < -0.3 is 5.32 Å². The molecule has 0 amide bonds. The maximum Gasteiger partial charge on any atom is 0.0179 e. The first kappa shape index (κ1) is 8.49. The lowest BCUT2D eigenvalue weighted by Gasteiger charge is -2.33. The van der Waals surface area contributed by atoms with Crippen LogP contribution in [0.5, 0.6) is 0 Å². The topological polar surface area (TPSA) is 12.0 Å². The Morgan fingerprint density at radius 1 is 1.29 bits per heavy atom. The van der Waals surface area contributed by atoms with Crippen molar-refractivity contribution in [3.05, 3.63) is 35.4 Å². The van der Waals surface area contributed by atoms with E-state index in [0.717, 1.165) is 17.9 Å². The summed E-state index contributed by atoms with van der Waals surface area (Å²) in [4.78, 5) is 0. The summed E-state index contributed by atoms with van der Waals surface area (Å²) in [5.41, 5.74) is 3.18. The molecule has 0 bridgehead atoms. The van der Waals surface area contributed by atoms with Gasteiger partial charge in [-0.2, -0.15) is 0 Å². The van der Waals surface area contributed by atoms with Gasteiger partial charge in [-0.05, 0) is 36.4 Å². The van der Waals surface area contributed by atoms with Crippen molar-refractivity contribution in [1.82, 2.24) is 5.32 Å². The molecule has 1 heteroatoms. The quantitative estimate of drug-likeness (QED) is 0.657. The van der Waals surface area contributed by atoms with Crippen molar-refractivity contribution in [3.63, 3.8) is 0 Å². The standard InChI is InChI=1S/C13H17N/c1-9-6-7-14-12-8-10-4-2-3-5-11(10)13(9)12/h2-5,9,12-14H,6-8H2,1H3. The molecule has 74 valence electrons. The zero-order valence-electron chi connectivity index (χ0n) is 8.66. The van der Waals surface area contributed by atoms with E-state index in [1.54, 1.807) is 11.1 Å². The molecule has 1 aromatic carbocycles. The highest BCUT2D eigenvalue weighted by Gasteiger charge is 2.37. The molecule has 1 nitrogen and oxygen atoms in total. The summed E-state index contributed by atoms with van der Waals surface area (Å²) in [6, 6.07) is 9.69. The van der Waals surface area contributed by atoms with Gasteiger partial charge in [0, 0.05) is 12.0 Å². The number of hydrogen-bond donors (Lipinski definition) is 1. The fourth-order valence-corrected chi connectivity index (χ4v) is 3.20. The van der Waals surface area contributed by atoms with Crippen molar-refractivity contribution in [2.75, 3.05) is 6.54 Å². The molecule has 1 aliphatic heterocycles. The van der Waals surface area contributed by atoms with Gasteiger partial charge in [0.2, 0.25) is 0 Å². The van der Waals surface area contributed by atoms with Gasteiger partial charge in [-0.15, -0.1) is 0 Å². The van der Waals surface area contributed by atoms with Crippen LogP contribution in [0.25, 0.3) is 0 Å². The van der Waals surface area contributed by atoms with Crippen LogP contribution in [0.1, 0.15) is 30.4 Å². The van der Waals surface area contributed by atoms with Crippen LogP contribution in [0.3, 0.4) is 0 Å². The molecule has 0 saturated carbocycles. The highest BCUT2D eigenvalue weighted by atomic mass is 14.9. The SMILES string of the molecule is CC1CCNC2Cc3ccccc3C12. The van der Waals surface area contributed by atoms with Gasteiger partial charge in [0.05, 0.1) is 0 Å². The summed E-state index contributed by atoms with van der Waals surface area (Å²) in [5, 5.41) is 3.66. The largest absolute Gasteiger partial charge is 0.313 e. The van der Waals surface area contributed by atoms with Gasteiger partial charge in [-0.3, -0.25) is 0 Å². The zero-order chi connectivity index (χ0) is 9.54. The molecule has 0 radical (unpaired) electrons. The van der Waals surface area contributed by atoms with Gasteiger partial charge >= 0.3 is 0 Å². The summed E-state index contributed by atoms with van der Waals surface area (Å²) in [6.45, 7) is 3.61. The van der Waals surface area contributed by atoms with Crippen LogP contribution in [-0.2, 0) is 6.42 Å². The second kappa shape index (κ2) is 3.09. The average Bonchev–Trinajstić information content (AvgIpc) is 2.57. The third kappa shape index (κ3) is 1.12. The smallest absolute Gasteiger partial charge is 0.0179 e. The van der Waals surface area contributed by atoms with E-state index < -0.39 is 0 Å². The molecule has 1 aliphatic carbocycles. The molecule has 0 aromatic heterocycles. The van der Waals surface area contributed by atoms with Crippen LogP contribution in [0.2, 0.25) is 0 Å². The van der Waals surface area contributed by atoms with E-state index in [4.69, 9.17) is 0 Å². The molecule has 1 saturated heterocycles. The van der Waals surface area contributed by atoms with E-state index in [9.17, 15) is 0 Å². The average molecular weight is 187 g/mol. The Bertz CT molecular complexity index is 345. The van der Waals surface area contributed by atoms with Gasteiger partial charge in [0.1, 0.15) is 0 Å².